The molecular weight excluding hydrogens is 376 g/mol. The lowest BCUT2D eigenvalue weighted by atomic mass is 10.00. The van der Waals surface area contributed by atoms with E-state index in [1.807, 2.05) is 24.3 Å². The predicted octanol–water partition coefficient (Wildman–Crippen LogP) is 3.98. The molecule has 0 heterocycles. The van der Waals surface area contributed by atoms with E-state index in [-0.39, 0.29) is 12.4 Å². The molecule has 0 aromatic heterocycles. The van der Waals surface area contributed by atoms with Gasteiger partial charge in [-0.05, 0) is 49.7 Å². The van der Waals surface area contributed by atoms with Crippen molar-refractivity contribution < 1.29 is 24.5 Å². The number of aliphatic carboxylic acids is 1. The van der Waals surface area contributed by atoms with E-state index < -0.39 is 17.7 Å². The van der Waals surface area contributed by atoms with Crippen LogP contribution in [0.3, 0.4) is 0 Å². The van der Waals surface area contributed by atoms with Gasteiger partial charge < -0.3 is 19.7 Å². The van der Waals surface area contributed by atoms with E-state index in [1.54, 1.807) is 6.92 Å². The van der Waals surface area contributed by atoms with Gasteiger partial charge in [-0.3, -0.25) is 0 Å². The zero-order valence-electron chi connectivity index (χ0n) is 13.4. The van der Waals surface area contributed by atoms with Crippen molar-refractivity contribution in [2.45, 2.75) is 32.2 Å². The Hall–Kier alpha value is -2.05. The average Bonchev–Trinajstić information content (AvgIpc) is 2.55. The number of hydrogen-bond acceptors (Lipinski definition) is 4. The maximum absolute atomic E-state index is 11.7. The predicted molar refractivity (Wildman–Crippen MR) is 93.2 cm³/mol. The van der Waals surface area contributed by atoms with E-state index >= 15 is 0 Å². The lowest BCUT2D eigenvalue weighted by molar-refractivity contribution is -0.168. The first kappa shape index (κ1) is 18.3. The number of carboxylic acid groups (broad SMARTS) is 1. The van der Waals surface area contributed by atoms with Gasteiger partial charge in [0.1, 0.15) is 17.6 Å². The summed E-state index contributed by atoms with van der Waals surface area (Å²) in [6, 6.07) is 13.5. The third kappa shape index (κ3) is 4.27. The van der Waals surface area contributed by atoms with Gasteiger partial charge in [-0.25, -0.2) is 4.79 Å². The normalized spacial score (nSPS) is 14.6. The van der Waals surface area contributed by atoms with Crippen LogP contribution in [0.2, 0.25) is 0 Å². The minimum absolute atomic E-state index is 0.0811. The van der Waals surface area contributed by atoms with Crippen LogP contribution in [0.25, 0.3) is 0 Å². The van der Waals surface area contributed by atoms with Gasteiger partial charge >= 0.3 is 5.97 Å². The van der Waals surface area contributed by atoms with Crippen LogP contribution in [0.15, 0.2) is 53.0 Å². The fourth-order valence-electron chi connectivity index (χ4n) is 2.05. The van der Waals surface area contributed by atoms with Gasteiger partial charge in [0.25, 0.3) is 0 Å². The molecule has 2 rings (SSSR count). The van der Waals surface area contributed by atoms with E-state index in [0.29, 0.717) is 5.75 Å². The number of carbonyl (C=O) groups is 1. The second-order valence-corrected chi connectivity index (χ2v) is 6.41. The first-order chi connectivity index (χ1) is 11.3. The van der Waals surface area contributed by atoms with Crippen LogP contribution in [0.5, 0.6) is 11.5 Å². The Morgan fingerprint density at radius 3 is 2.42 bits per heavy atom. The number of aromatic hydroxyl groups is 1. The number of hydrogen-bond donors (Lipinski definition) is 2. The maximum atomic E-state index is 11.7. The van der Waals surface area contributed by atoms with Gasteiger partial charge in [0.05, 0.1) is 6.61 Å². The molecule has 2 N–H and O–H groups in total. The van der Waals surface area contributed by atoms with Crippen molar-refractivity contribution in [3.05, 3.63) is 58.6 Å². The lowest BCUT2D eigenvalue weighted by Gasteiger charge is -2.32. The van der Waals surface area contributed by atoms with Crippen molar-refractivity contribution >= 4 is 21.9 Å². The van der Waals surface area contributed by atoms with Crippen LogP contribution >= 0.6 is 15.9 Å². The van der Waals surface area contributed by atoms with Gasteiger partial charge in [-0.15, -0.1) is 0 Å². The number of phenols is 1. The molecule has 0 saturated carbocycles. The topological polar surface area (TPSA) is 76.0 Å². The largest absolute Gasteiger partial charge is 0.508 e. The Labute approximate surface area is 149 Å². The number of phenolic OH excluding ortho intramolecular Hbond substituents is 1. The highest BCUT2D eigenvalue weighted by Crippen LogP contribution is 2.26. The molecule has 0 fully saturated rings. The molecule has 2 atom stereocenters. The highest BCUT2D eigenvalue weighted by atomic mass is 79.9. The summed E-state index contributed by atoms with van der Waals surface area (Å²) in [6.45, 7) is 3.38. The average molecular weight is 395 g/mol. The Balaban J connectivity index is 2.11. The molecule has 128 valence electrons. The maximum Gasteiger partial charge on any atom is 0.350 e. The molecule has 2 aromatic rings. The SMILES string of the molecule is CC(OCc1ccccc1Br)C(C)(Oc1ccc(O)cc1)C(=O)O. The zero-order chi connectivity index (χ0) is 17.7. The molecule has 0 aliphatic carbocycles. The first-order valence-electron chi connectivity index (χ1n) is 7.39. The molecule has 0 radical (unpaired) electrons. The van der Waals surface area contributed by atoms with Gasteiger partial charge in [0.15, 0.2) is 0 Å². The summed E-state index contributed by atoms with van der Waals surface area (Å²) < 4.78 is 12.3. The van der Waals surface area contributed by atoms with Crippen LogP contribution < -0.4 is 4.74 Å². The second kappa shape index (κ2) is 7.68. The van der Waals surface area contributed by atoms with Crippen molar-refractivity contribution in [1.82, 2.24) is 0 Å². The lowest BCUT2D eigenvalue weighted by Crippen LogP contribution is -2.51. The van der Waals surface area contributed by atoms with Crippen LogP contribution in [0.4, 0.5) is 0 Å². The Morgan fingerprint density at radius 2 is 1.83 bits per heavy atom. The number of benzene rings is 2. The van der Waals surface area contributed by atoms with E-state index in [1.165, 1.54) is 31.2 Å². The smallest absolute Gasteiger partial charge is 0.350 e. The van der Waals surface area contributed by atoms with Crippen LogP contribution in [-0.4, -0.2) is 27.9 Å². The molecule has 0 saturated heterocycles. The highest BCUT2D eigenvalue weighted by molar-refractivity contribution is 9.10. The third-order valence-electron chi connectivity index (χ3n) is 3.81. The number of ether oxygens (including phenoxy) is 2. The highest BCUT2D eigenvalue weighted by Gasteiger charge is 2.42. The molecule has 5 nitrogen and oxygen atoms in total. The van der Waals surface area contributed by atoms with Crippen LogP contribution in [-0.2, 0) is 16.1 Å². The minimum atomic E-state index is -1.57. The van der Waals surface area contributed by atoms with E-state index in [2.05, 4.69) is 15.9 Å². The summed E-state index contributed by atoms with van der Waals surface area (Å²) in [6.07, 6.45) is -0.712. The molecule has 2 unspecified atom stereocenters. The molecule has 0 aliphatic rings. The fraction of sp³-hybridized carbons (Fsp3) is 0.278. The van der Waals surface area contributed by atoms with Crippen molar-refractivity contribution in [3.63, 3.8) is 0 Å². The van der Waals surface area contributed by atoms with Gasteiger partial charge in [-0.2, -0.15) is 0 Å². The van der Waals surface area contributed by atoms with E-state index in [4.69, 9.17) is 9.47 Å². The molecule has 24 heavy (non-hydrogen) atoms. The van der Waals surface area contributed by atoms with E-state index in [0.717, 1.165) is 10.0 Å². The summed E-state index contributed by atoms with van der Waals surface area (Å²) in [5, 5.41) is 18.9. The summed E-state index contributed by atoms with van der Waals surface area (Å²) in [4.78, 5) is 11.7. The van der Waals surface area contributed by atoms with Crippen LogP contribution in [0.1, 0.15) is 19.4 Å². The Morgan fingerprint density at radius 1 is 1.21 bits per heavy atom. The van der Waals surface area contributed by atoms with Crippen molar-refractivity contribution in [2.24, 2.45) is 0 Å². The Bertz CT molecular complexity index is 701. The van der Waals surface area contributed by atoms with Gasteiger partial charge in [0.2, 0.25) is 5.60 Å². The van der Waals surface area contributed by atoms with Crippen molar-refractivity contribution in [1.29, 1.82) is 0 Å². The quantitative estimate of drug-likeness (QED) is 0.742. The fourth-order valence-corrected chi connectivity index (χ4v) is 2.45. The number of carboxylic acids is 1. The van der Waals surface area contributed by atoms with Crippen molar-refractivity contribution in [3.8, 4) is 11.5 Å². The molecule has 2 aromatic carbocycles. The molecule has 6 heteroatoms. The monoisotopic (exact) mass is 394 g/mol. The molecular formula is C18H19BrO5. The van der Waals surface area contributed by atoms with Crippen LogP contribution in [0, 0.1) is 0 Å². The second-order valence-electron chi connectivity index (χ2n) is 5.55. The third-order valence-corrected chi connectivity index (χ3v) is 4.59. The number of rotatable bonds is 7. The summed E-state index contributed by atoms with van der Waals surface area (Å²) in [7, 11) is 0. The van der Waals surface area contributed by atoms with E-state index in [9.17, 15) is 15.0 Å². The standard InChI is InChI=1S/C18H19BrO5/c1-12(23-11-13-5-3-4-6-16(13)19)18(2,17(21)22)24-15-9-7-14(20)8-10-15/h3-10,12,20H,11H2,1-2H3,(H,21,22). The summed E-state index contributed by atoms with van der Waals surface area (Å²) in [5.41, 5.74) is -0.653. The summed E-state index contributed by atoms with van der Waals surface area (Å²) in [5.74, 6) is -0.707. The molecule has 0 spiro atoms. The first-order valence-corrected chi connectivity index (χ1v) is 8.18. The Kier molecular flexibility index (Phi) is 5.85. The number of halogens is 1. The van der Waals surface area contributed by atoms with Gasteiger partial charge in [0, 0.05) is 4.47 Å². The molecule has 0 aliphatic heterocycles. The zero-order valence-corrected chi connectivity index (χ0v) is 15.0. The molecule has 0 amide bonds. The minimum Gasteiger partial charge on any atom is -0.508 e. The van der Waals surface area contributed by atoms with Gasteiger partial charge in [-0.1, -0.05) is 34.1 Å². The summed E-state index contributed by atoms with van der Waals surface area (Å²) >= 11 is 3.44. The van der Waals surface area contributed by atoms with Crippen molar-refractivity contribution in [2.75, 3.05) is 0 Å². The molecule has 0 bridgehead atoms.